The van der Waals surface area contributed by atoms with Crippen LogP contribution in [0.1, 0.15) is 24.0 Å². The van der Waals surface area contributed by atoms with Crippen LogP contribution in [0.5, 0.6) is 0 Å². The third kappa shape index (κ3) is 2.46. The largest absolute Gasteiger partial charge is 0.365 e. The Morgan fingerprint density at radius 2 is 2.12 bits per heavy atom. The van der Waals surface area contributed by atoms with Gasteiger partial charge in [-0.3, -0.25) is 4.79 Å². The van der Waals surface area contributed by atoms with Crippen molar-refractivity contribution in [3.05, 3.63) is 53.9 Å². The van der Waals surface area contributed by atoms with Gasteiger partial charge in [0.2, 0.25) is 5.91 Å². The summed E-state index contributed by atoms with van der Waals surface area (Å²) in [5, 5.41) is 1.03. The molecule has 5 rings (SSSR count). The van der Waals surface area contributed by atoms with E-state index in [9.17, 15) is 4.79 Å². The van der Waals surface area contributed by atoms with E-state index in [1.54, 1.807) is 6.20 Å². The number of fused-ring (bicyclic) bond motifs is 2. The molecule has 2 aliphatic rings. The average Bonchev–Trinajstić information content (AvgIpc) is 3.43. The summed E-state index contributed by atoms with van der Waals surface area (Å²) in [6.45, 7) is 3.82. The van der Waals surface area contributed by atoms with Crippen LogP contribution in [0.2, 0.25) is 0 Å². The van der Waals surface area contributed by atoms with Crippen LogP contribution in [0, 0.1) is 6.92 Å². The minimum atomic E-state index is 0.150. The van der Waals surface area contributed by atoms with Gasteiger partial charge in [0.05, 0.1) is 17.8 Å². The molecule has 5 heteroatoms. The number of aromatic amines is 1. The van der Waals surface area contributed by atoms with Crippen molar-refractivity contribution in [2.24, 2.45) is 0 Å². The fraction of sp³-hybridized carbons (Fsp3) is 0.333. The number of nitrogens with zero attached hydrogens (tertiary/aromatic N) is 3. The zero-order valence-corrected chi connectivity index (χ0v) is 14.9. The van der Waals surface area contributed by atoms with Crippen LogP contribution < -0.4 is 9.80 Å². The molecule has 0 saturated heterocycles. The van der Waals surface area contributed by atoms with Crippen molar-refractivity contribution >= 4 is 28.3 Å². The molecule has 1 aliphatic heterocycles. The monoisotopic (exact) mass is 346 g/mol. The molecule has 132 valence electrons. The first-order valence-electron chi connectivity index (χ1n) is 9.30. The van der Waals surface area contributed by atoms with Gasteiger partial charge in [0.25, 0.3) is 0 Å². The lowest BCUT2D eigenvalue weighted by Crippen LogP contribution is -2.45. The number of H-pyrrole nitrogens is 1. The lowest BCUT2D eigenvalue weighted by molar-refractivity contribution is -0.118. The number of nitrogens with one attached hydrogen (secondary N) is 1. The summed E-state index contributed by atoms with van der Waals surface area (Å²) < 4.78 is 0. The molecule has 3 heterocycles. The number of anilines is 2. The predicted octanol–water partition coefficient (Wildman–Crippen LogP) is 3.43. The van der Waals surface area contributed by atoms with E-state index in [-0.39, 0.29) is 5.91 Å². The van der Waals surface area contributed by atoms with Crippen LogP contribution in [0.15, 0.2) is 42.7 Å². The van der Waals surface area contributed by atoms with Gasteiger partial charge in [0, 0.05) is 36.9 Å². The minimum absolute atomic E-state index is 0.150. The van der Waals surface area contributed by atoms with Crippen LogP contribution in [-0.4, -0.2) is 35.0 Å². The highest BCUT2D eigenvalue weighted by molar-refractivity contribution is 6.01. The Balaban J connectivity index is 1.47. The summed E-state index contributed by atoms with van der Waals surface area (Å²) in [5.74, 6) is 0.150. The van der Waals surface area contributed by atoms with E-state index in [0.717, 1.165) is 35.4 Å². The zero-order valence-electron chi connectivity index (χ0n) is 14.9. The van der Waals surface area contributed by atoms with Crippen LogP contribution in [0.25, 0.3) is 11.0 Å². The SMILES string of the molecule is Cc1cccc2c1N(C1CC1)CCN2C(=O)Cc1c[nH]c2ncccc12. The molecule has 26 heavy (non-hydrogen) atoms. The molecule has 1 aliphatic carbocycles. The minimum Gasteiger partial charge on any atom is -0.365 e. The molecule has 2 aromatic heterocycles. The van der Waals surface area contributed by atoms with Crippen LogP contribution in [0.3, 0.4) is 0 Å². The Bertz CT molecular complexity index is 989. The van der Waals surface area contributed by atoms with E-state index < -0.39 is 0 Å². The number of amides is 1. The van der Waals surface area contributed by atoms with Gasteiger partial charge in [0.15, 0.2) is 0 Å². The highest BCUT2D eigenvalue weighted by atomic mass is 16.2. The van der Waals surface area contributed by atoms with Crippen LogP contribution >= 0.6 is 0 Å². The summed E-state index contributed by atoms with van der Waals surface area (Å²) in [6, 6.07) is 10.9. The Labute approximate surface area is 152 Å². The maximum Gasteiger partial charge on any atom is 0.231 e. The van der Waals surface area contributed by atoms with Gasteiger partial charge in [-0.1, -0.05) is 12.1 Å². The number of hydrogen-bond acceptors (Lipinski definition) is 3. The summed E-state index contributed by atoms with van der Waals surface area (Å²) in [4.78, 5) is 25.1. The third-order valence-electron chi connectivity index (χ3n) is 5.53. The molecule has 1 saturated carbocycles. The van der Waals surface area contributed by atoms with Gasteiger partial charge in [-0.25, -0.2) is 4.98 Å². The van der Waals surface area contributed by atoms with E-state index in [4.69, 9.17) is 0 Å². The fourth-order valence-electron chi connectivity index (χ4n) is 4.10. The molecular formula is C21H22N4O. The molecule has 0 unspecified atom stereocenters. The number of carbonyl (C=O) groups excluding carboxylic acids is 1. The van der Waals surface area contributed by atoms with Gasteiger partial charge in [-0.05, 0) is 49.1 Å². The molecular weight excluding hydrogens is 324 g/mol. The first-order chi connectivity index (χ1) is 12.7. The second-order valence-corrected chi connectivity index (χ2v) is 7.30. The number of para-hydroxylation sites is 1. The van der Waals surface area contributed by atoms with Crippen molar-refractivity contribution in [3.8, 4) is 0 Å². The van der Waals surface area contributed by atoms with Crippen molar-refractivity contribution < 1.29 is 4.79 Å². The maximum atomic E-state index is 13.1. The highest BCUT2D eigenvalue weighted by Gasteiger charge is 2.36. The Morgan fingerprint density at radius 3 is 2.96 bits per heavy atom. The number of aromatic nitrogens is 2. The van der Waals surface area contributed by atoms with E-state index in [2.05, 4.69) is 40.0 Å². The Kier molecular flexibility index (Phi) is 3.48. The molecule has 3 aromatic rings. The van der Waals surface area contributed by atoms with Gasteiger partial charge < -0.3 is 14.8 Å². The van der Waals surface area contributed by atoms with E-state index in [1.807, 2.05) is 23.2 Å². The van der Waals surface area contributed by atoms with Crippen molar-refractivity contribution in [2.45, 2.75) is 32.2 Å². The van der Waals surface area contributed by atoms with Crippen LogP contribution in [0.4, 0.5) is 11.4 Å². The molecule has 0 spiro atoms. The third-order valence-corrected chi connectivity index (χ3v) is 5.53. The van der Waals surface area contributed by atoms with Gasteiger partial charge in [-0.2, -0.15) is 0 Å². The van der Waals surface area contributed by atoms with Crippen molar-refractivity contribution in [1.29, 1.82) is 0 Å². The highest BCUT2D eigenvalue weighted by Crippen LogP contribution is 2.42. The second kappa shape index (κ2) is 5.87. The van der Waals surface area contributed by atoms with E-state index in [0.29, 0.717) is 12.5 Å². The standard InChI is InChI=1S/C21H22N4O/c1-14-4-2-6-18-20(14)24(16-7-8-16)10-11-25(18)19(26)12-15-13-23-21-17(15)5-3-9-22-21/h2-6,9,13,16H,7-8,10-12H2,1H3,(H,22,23). The second-order valence-electron chi connectivity index (χ2n) is 7.30. The van der Waals surface area contributed by atoms with E-state index in [1.165, 1.54) is 24.1 Å². The zero-order chi connectivity index (χ0) is 17.7. The number of pyridine rings is 1. The van der Waals surface area contributed by atoms with Crippen molar-refractivity contribution in [2.75, 3.05) is 22.9 Å². The molecule has 0 atom stereocenters. The molecule has 1 N–H and O–H groups in total. The first kappa shape index (κ1) is 15.4. The lowest BCUT2D eigenvalue weighted by Gasteiger charge is -2.39. The summed E-state index contributed by atoms with van der Waals surface area (Å²) in [5.41, 5.74) is 5.41. The number of rotatable bonds is 3. The maximum absolute atomic E-state index is 13.1. The summed E-state index contributed by atoms with van der Waals surface area (Å²) in [7, 11) is 0. The number of hydrogen-bond donors (Lipinski definition) is 1. The topological polar surface area (TPSA) is 52.2 Å². The quantitative estimate of drug-likeness (QED) is 0.790. The smallest absolute Gasteiger partial charge is 0.231 e. The normalized spacial score (nSPS) is 16.8. The molecule has 1 amide bonds. The van der Waals surface area contributed by atoms with E-state index >= 15 is 0 Å². The first-order valence-corrected chi connectivity index (χ1v) is 9.30. The predicted molar refractivity (Wildman–Crippen MR) is 104 cm³/mol. The number of benzene rings is 1. The molecule has 0 bridgehead atoms. The van der Waals surface area contributed by atoms with Gasteiger partial charge in [0.1, 0.15) is 5.65 Å². The molecule has 1 aromatic carbocycles. The lowest BCUT2D eigenvalue weighted by atomic mass is 10.1. The summed E-state index contributed by atoms with van der Waals surface area (Å²) in [6.07, 6.45) is 6.60. The number of aryl methyl sites for hydroxylation is 1. The van der Waals surface area contributed by atoms with Crippen LogP contribution in [-0.2, 0) is 11.2 Å². The average molecular weight is 346 g/mol. The summed E-state index contributed by atoms with van der Waals surface area (Å²) >= 11 is 0. The van der Waals surface area contributed by atoms with Gasteiger partial charge >= 0.3 is 0 Å². The molecule has 5 nitrogen and oxygen atoms in total. The van der Waals surface area contributed by atoms with Crippen molar-refractivity contribution in [3.63, 3.8) is 0 Å². The van der Waals surface area contributed by atoms with Gasteiger partial charge in [-0.15, -0.1) is 0 Å². The van der Waals surface area contributed by atoms with Crippen molar-refractivity contribution in [1.82, 2.24) is 9.97 Å². The molecule has 0 radical (unpaired) electrons. The Hall–Kier alpha value is -2.82. The fourth-order valence-corrected chi connectivity index (χ4v) is 4.10. The number of carbonyl (C=O) groups is 1. The Morgan fingerprint density at radius 1 is 1.23 bits per heavy atom. The molecule has 1 fully saturated rings.